The molecular formula is C21H27FN4O3S. The van der Waals surface area contributed by atoms with Gasteiger partial charge in [0.15, 0.2) is 0 Å². The van der Waals surface area contributed by atoms with Crippen LogP contribution in [0.3, 0.4) is 0 Å². The summed E-state index contributed by atoms with van der Waals surface area (Å²) < 4.78 is 38.2. The van der Waals surface area contributed by atoms with Gasteiger partial charge in [0.05, 0.1) is 23.2 Å². The molecule has 2 fully saturated rings. The number of nitrogen functional groups attached to an aromatic ring is 1. The molecule has 1 aromatic heterocycles. The fourth-order valence-electron chi connectivity index (χ4n) is 4.57. The molecule has 2 aliphatic heterocycles. The van der Waals surface area contributed by atoms with Crippen molar-refractivity contribution in [1.82, 2.24) is 14.2 Å². The first-order chi connectivity index (χ1) is 14.2. The van der Waals surface area contributed by atoms with Gasteiger partial charge in [-0.2, -0.15) is 0 Å². The standard InChI is InChI=1S/C21H27FN4O3S/c1-30(28,29)26-10-6-15(7-11-26)21(27)25-8-4-14(5-9-25)20-18(23)13-16-12-17(22)2-3-19(16)24-20/h2-3,12-15H,4-11,23H2,1H3. The van der Waals surface area contributed by atoms with Gasteiger partial charge in [-0.25, -0.2) is 17.1 Å². The van der Waals surface area contributed by atoms with E-state index in [1.165, 1.54) is 22.7 Å². The molecule has 0 unspecified atom stereocenters. The molecule has 2 aliphatic rings. The summed E-state index contributed by atoms with van der Waals surface area (Å²) in [6.45, 7) is 2.09. The van der Waals surface area contributed by atoms with Gasteiger partial charge in [-0.15, -0.1) is 0 Å². The summed E-state index contributed by atoms with van der Waals surface area (Å²) in [5, 5.41) is 0.685. The Kier molecular flexibility index (Phi) is 5.67. The van der Waals surface area contributed by atoms with Crippen molar-refractivity contribution >= 4 is 32.5 Å². The van der Waals surface area contributed by atoms with Crippen LogP contribution in [0, 0.1) is 11.7 Å². The summed E-state index contributed by atoms with van der Waals surface area (Å²) in [7, 11) is -3.19. The van der Waals surface area contributed by atoms with Crippen LogP contribution in [0.4, 0.5) is 10.1 Å². The maximum atomic E-state index is 13.4. The highest BCUT2D eigenvalue weighted by molar-refractivity contribution is 7.88. The van der Waals surface area contributed by atoms with E-state index in [2.05, 4.69) is 4.98 Å². The Bertz CT molecular complexity index is 1060. The van der Waals surface area contributed by atoms with E-state index >= 15 is 0 Å². The highest BCUT2D eigenvalue weighted by Crippen LogP contribution is 2.33. The Balaban J connectivity index is 1.38. The maximum Gasteiger partial charge on any atom is 0.225 e. The quantitative estimate of drug-likeness (QED) is 0.800. The molecule has 4 rings (SSSR count). The van der Waals surface area contributed by atoms with Crippen LogP contribution in [0.15, 0.2) is 24.3 Å². The van der Waals surface area contributed by atoms with Crippen LogP contribution in [0.1, 0.15) is 37.3 Å². The lowest BCUT2D eigenvalue weighted by Gasteiger charge is -2.36. The first-order valence-electron chi connectivity index (χ1n) is 10.3. The summed E-state index contributed by atoms with van der Waals surface area (Å²) in [5.41, 5.74) is 8.31. The molecule has 0 saturated carbocycles. The van der Waals surface area contributed by atoms with Gasteiger partial charge in [0.25, 0.3) is 0 Å². The minimum Gasteiger partial charge on any atom is -0.397 e. The number of anilines is 1. The van der Waals surface area contributed by atoms with E-state index < -0.39 is 10.0 Å². The Morgan fingerprint density at radius 2 is 1.77 bits per heavy atom. The van der Waals surface area contributed by atoms with Crippen LogP contribution in [-0.2, 0) is 14.8 Å². The van der Waals surface area contributed by atoms with Gasteiger partial charge in [0, 0.05) is 43.4 Å². The number of piperidine rings is 2. The first-order valence-corrected chi connectivity index (χ1v) is 12.2. The van der Waals surface area contributed by atoms with Crippen LogP contribution in [0.2, 0.25) is 0 Å². The van der Waals surface area contributed by atoms with E-state index in [1.54, 1.807) is 12.1 Å². The van der Waals surface area contributed by atoms with E-state index in [0.717, 1.165) is 24.1 Å². The van der Waals surface area contributed by atoms with Crippen LogP contribution in [0.5, 0.6) is 0 Å². The van der Waals surface area contributed by atoms with Crippen molar-refractivity contribution in [2.24, 2.45) is 5.92 Å². The number of hydrogen-bond donors (Lipinski definition) is 1. The van der Waals surface area contributed by atoms with Crippen molar-refractivity contribution in [3.8, 4) is 0 Å². The topological polar surface area (TPSA) is 96.6 Å². The molecule has 0 radical (unpaired) electrons. The fourth-order valence-corrected chi connectivity index (χ4v) is 5.45. The molecule has 1 amide bonds. The molecule has 30 heavy (non-hydrogen) atoms. The number of carbonyl (C=O) groups is 1. The molecule has 1 aromatic carbocycles. The van der Waals surface area contributed by atoms with Crippen molar-refractivity contribution in [2.45, 2.75) is 31.6 Å². The number of nitrogens with zero attached hydrogens (tertiary/aromatic N) is 3. The fraction of sp³-hybridized carbons (Fsp3) is 0.524. The van der Waals surface area contributed by atoms with E-state index in [9.17, 15) is 17.6 Å². The number of aromatic nitrogens is 1. The summed E-state index contributed by atoms with van der Waals surface area (Å²) in [4.78, 5) is 19.5. The van der Waals surface area contributed by atoms with Gasteiger partial charge in [0.1, 0.15) is 5.82 Å². The third kappa shape index (κ3) is 4.27. The second kappa shape index (κ2) is 8.11. The summed E-state index contributed by atoms with van der Waals surface area (Å²) >= 11 is 0. The molecule has 2 N–H and O–H groups in total. The van der Waals surface area contributed by atoms with E-state index in [-0.39, 0.29) is 23.6 Å². The van der Waals surface area contributed by atoms with Crippen LogP contribution in [0.25, 0.3) is 10.9 Å². The molecule has 0 atom stereocenters. The Morgan fingerprint density at radius 1 is 1.10 bits per heavy atom. The smallest absolute Gasteiger partial charge is 0.225 e. The molecule has 3 heterocycles. The van der Waals surface area contributed by atoms with E-state index in [4.69, 9.17) is 5.73 Å². The highest BCUT2D eigenvalue weighted by atomic mass is 32.2. The number of halogens is 1. The zero-order valence-corrected chi connectivity index (χ0v) is 17.9. The third-order valence-electron chi connectivity index (χ3n) is 6.30. The average molecular weight is 435 g/mol. The molecule has 0 spiro atoms. The number of nitrogens with two attached hydrogens (primary N) is 1. The zero-order chi connectivity index (χ0) is 21.5. The van der Waals surface area contributed by atoms with Crippen LogP contribution >= 0.6 is 0 Å². The van der Waals surface area contributed by atoms with E-state index in [0.29, 0.717) is 50.1 Å². The third-order valence-corrected chi connectivity index (χ3v) is 7.61. The lowest BCUT2D eigenvalue weighted by molar-refractivity contribution is -0.137. The maximum absolute atomic E-state index is 13.4. The minimum atomic E-state index is -3.19. The minimum absolute atomic E-state index is 0.113. The van der Waals surface area contributed by atoms with Gasteiger partial charge in [-0.05, 0) is 49.9 Å². The van der Waals surface area contributed by atoms with E-state index in [1.807, 2.05) is 4.90 Å². The van der Waals surface area contributed by atoms with Gasteiger partial charge >= 0.3 is 0 Å². The largest absolute Gasteiger partial charge is 0.397 e. The lowest BCUT2D eigenvalue weighted by Crippen LogP contribution is -2.46. The zero-order valence-electron chi connectivity index (χ0n) is 17.1. The normalized spacial score (nSPS) is 20.0. The summed E-state index contributed by atoms with van der Waals surface area (Å²) in [5.74, 6) is -0.143. The number of sulfonamides is 1. The first kappa shape index (κ1) is 21.0. The number of likely N-dealkylation sites (tertiary alicyclic amines) is 1. The molecule has 9 heteroatoms. The number of amides is 1. The lowest BCUT2D eigenvalue weighted by atomic mass is 9.89. The number of fused-ring (bicyclic) bond motifs is 1. The predicted octanol–water partition coefficient (Wildman–Crippen LogP) is 2.33. The Labute approximate surface area is 176 Å². The molecule has 2 aromatic rings. The molecule has 162 valence electrons. The molecule has 0 bridgehead atoms. The SMILES string of the molecule is CS(=O)(=O)N1CCC(C(=O)N2CCC(c3nc4ccc(F)cc4cc3N)CC2)CC1. The predicted molar refractivity (Wildman–Crippen MR) is 114 cm³/mol. The van der Waals surface area contributed by atoms with Crippen LogP contribution in [-0.4, -0.2) is 60.9 Å². The molecule has 7 nitrogen and oxygen atoms in total. The van der Waals surface area contributed by atoms with Gasteiger partial charge in [0.2, 0.25) is 15.9 Å². The van der Waals surface area contributed by atoms with Crippen molar-refractivity contribution in [2.75, 3.05) is 38.2 Å². The summed E-state index contributed by atoms with van der Waals surface area (Å²) in [6, 6.07) is 6.26. The molecule has 2 saturated heterocycles. The monoisotopic (exact) mass is 434 g/mol. The Hall–Kier alpha value is -2.26. The van der Waals surface area contributed by atoms with Gasteiger partial charge in [-0.1, -0.05) is 0 Å². The molecular weight excluding hydrogens is 407 g/mol. The van der Waals surface area contributed by atoms with Crippen molar-refractivity contribution in [3.05, 3.63) is 35.8 Å². The average Bonchev–Trinajstić information content (AvgIpc) is 2.72. The highest BCUT2D eigenvalue weighted by Gasteiger charge is 2.33. The number of hydrogen-bond acceptors (Lipinski definition) is 5. The van der Waals surface area contributed by atoms with Crippen molar-refractivity contribution < 1.29 is 17.6 Å². The van der Waals surface area contributed by atoms with Crippen molar-refractivity contribution in [3.63, 3.8) is 0 Å². The Morgan fingerprint density at radius 3 is 2.40 bits per heavy atom. The molecule has 0 aliphatic carbocycles. The van der Waals surface area contributed by atoms with Crippen LogP contribution < -0.4 is 5.73 Å². The van der Waals surface area contributed by atoms with Gasteiger partial charge in [-0.3, -0.25) is 9.78 Å². The second-order valence-electron chi connectivity index (χ2n) is 8.34. The van der Waals surface area contributed by atoms with Gasteiger partial charge < -0.3 is 10.6 Å². The summed E-state index contributed by atoms with van der Waals surface area (Å²) in [6.07, 6.45) is 3.90. The number of rotatable bonds is 3. The number of carbonyl (C=O) groups excluding carboxylic acids is 1. The van der Waals surface area contributed by atoms with Crippen molar-refractivity contribution in [1.29, 1.82) is 0 Å². The number of pyridine rings is 1. The second-order valence-corrected chi connectivity index (χ2v) is 10.3. The number of benzene rings is 1.